The minimum absolute atomic E-state index is 0.510. The molecule has 0 aliphatic rings. The van der Waals surface area contributed by atoms with Crippen LogP contribution in [0.4, 0.5) is 0 Å². The Morgan fingerprint density at radius 3 is 1.83 bits per heavy atom. The molecule has 216 valence electrons. The van der Waals surface area contributed by atoms with E-state index in [1.54, 1.807) is 0 Å². The summed E-state index contributed by atoms with van der Waals surface area (Å²) in [6.07, 6.45) is 0. The number of nitrogens with zero attached hydrogens (tertiary/aromatic N) is 5. The lowest BCUT2D eigenvalue weighted by molar-refractivity contribution is 0.620. The fraction of sp³-hybridized carbons (Fsp3) is 0. The Morgan fingerprint density at radius 1 is 0.435 bits per heavy atom. The van der Waals surface area contributed by atoms with Gasteiger partial charge in [-0.2, -0.15) is 9.97 Å². The van der Waals surface area contributed by atoms with Gasteiger partial charge in [-0.3, -0.25) is 4.57 Å². The monoisotopic (exact) mass is 591 g/mol. The maximum Gasteiger partial charge on any atom is 0.238 e. The SMILES string of the molecule is c1ccc(-c2nc(-c3cccc4nc(-c5ccccc5)oc34)nc(-n3c4ccccc4c4c(-c5ccccc5)cccc43)n2)cc1. The highest BCUT2D eigenvalue weighted by Crippen LogP contribution is 2.39. The van der Waals surface area contributed by atoms with Gasteiger partial charge in [-0.25, -0.2) is 9.97 Å². The second-order valence-corrected chi connectivity index (χ2v) is 11.1. The molecule has 0 amide bonds. The van der Waals surface area contributed by atoms with E-state index in [2.05, 4.69) is 71.3 Å². The van der Waals surface area contributed by atoms with Crippen molar-refractivity contribution in [3.05, 3.63) is 152 Å². The number of benzene rings is 6. The van der Waals surface area contributed by atoms with Crippen LogP contribution in [-0.4, -0.2) is 24.5 Å². The second-order valence-electron chi connectivity index (χ2n) is 11.1. The number of para-hydroxylation sites is 2. The first-order valence-electron chi connectivity index (χ1n) is 15.2. The van der Waals surface area contributed by atoms with Crippen molar-refractivity contribution in [1.82, 2.24) is 24.5 Å². The summed E-state index contributed by atoms with van der Waals surface area (Å²) in [5, 5.41) is 2.28. The van der Waals surface area contributed by atoms with Gasteiger partial charge in [0.2, 0.25) is 11.8 Å². The van der Waals surface area contributed by atoms with Crippen LogP contribution in [0.5, 0.6) is 0 Å². The van der Waals surface area contributed by atoms with Crippen LogP contribution in [0.3, 0.4) is 0 Å². The van der Waals surface area contributed by atoms with Gasteiger partial charge in [0.1, 0.15) is 5.52 Å². The van der Waals surface area contributed by atoms with E-state index < -0.39 is 0 Å². The van der Waals surface area contributed by atoms with E-state index in [-0.39, 0.29) is 0 Å². The topological polar surface area (TPSA) is 69.6 Å². The van der Waals surface area contributed by atoms with E-state index in [1.807, 2.05) is 84.9 Å². The van der Waals surface area contributed by atoms with E-state index in [0.717, 1.165) is 55.1 Å². The Labute approximate surface area is 264 Å². The first kappa shape index (κ1) is 26.0. The van der Waals surface area contributed by atoms with E-state index in [9.17, 15) is 0 Å². The summed E-state index contributed by atoms with van der Waals surface area (Å²) in [6, 6.07) is 51.2. The average Bonchev–Trinajstić information content (AvgIpc) is 3.72. The van der Waals surface area contributed by atoms with Gasteiger partial charge in [0.05, 0.1) is 16.6 Å². The molecule has 0 radical (unpaired) electrons. The summed E-state index contributed by atoms with van der Waals surface area (Å²) in [6.45, 7) is 0. The molecule has 0 saturated carbocycles. The molecule has 0 fully saturated rings. The zero-order chi connectivity index (χ0) is 30.5. The lowest BCUT2D eigenvalue weighted by Crippen LogP contribution is -2.06. The molecule has 9 aromatic rings. The number of rotatable bonds is 5. The summed E-state index contributed by atoms with van der Waals surface area (Å²) in [4.78, 5) is 20.1. The number of hydrogen-bond donors (Lipinski definition) is 0. The Bertz CT molecular complexity index is 2520. The quantitative estimate of drug-likeness (QED) is 0.199. The van der Waals surface area contributed by atoms with Crippen molar-refractivity contribution in [3.8, 4) is 51.3 Å². The first-order chi connectivity index (χ1) is 22.8. The summed E-state index contributed by atoms with van der Waals surface area (Å²) in [5.41, 5.74) is 8.27. The van der Waals surface area contributed by atoms with Gasteiger partial charge < -0.3 is 4.42 Å². The number of fused-ring (bicyclic) bond motifs is 4. The standard InChI is InChI=1S/C40H25N5O/c1-4-14-26(15-5-1)29-21-13-25-34-35(29)30-20-10-11-24-33(30)45(34)40-43-37(27-16-6-2-7-17-27)42-38(44-40)31-22-12-23-32-36(31)46-39(41-32)28-18-8-3-9-19-28/h1-25H. The molecule has 46 heavy (non-hydrogen) atoms. The van der Waals surface area contributed by atoms with Crippen molar-refractivity contribution >= 4 is 32.9 Å². The summed E-state index contributed by atoms with van der Waals surface area (Å²) in [5.74, 6) is 2.16. The van der Waals surface area contributed by atoms with Gasteiger partial charge in [0.25, 0.3) is 0 Å². The highest BCUT2D eigenvalue weighted by molar-refractivity contribution is 6.15. The van der Waals surface area contributed by atoms with Crippen molar-refractivity contribution in [2.45, 2.75) is 0 Å². The molecule has 6 aromatic carbocycles. The maximum absolute atomic E-state index is 6.40. The Balaban J connectivity index is 1.33. The van der Waals surface area contributed by atoms with Crippen LogP contribution < -0.4 is 0 Å². The van der Waals surface area contributed by atoms with Crippen molar-refractivity contribution in [2.75, 3.05) is 0 Å². The molecule has 0 spiro atoms. The van der Waals surface area contributed by atoms with Crippen LogP contribution in [0.25, 0.3) is 84.2 Å². The first-order valence-corrected chi connectivity index (χ1v) is 15.2. The molecule has 0 unspecified atom stereocenters. The fourth-order valence-corrected chi connectivity index (χ4v) is 6.22. The predicted octanol–water partition coefficient (Wildman–Crippen LogP) is 9.78. The molecule has 0 aliphatic carbocycles. The smallest absolute Gasteiger partial charge is 0.238 e. The number of oxazole rings is 1. The van der Waals surface area contributed by atoms with Gasteiger partial charge in [-0.15, -0.1) is 0 Å². The molecule has 0 aliphatic heterocycles. The van der Waals surface area contributed by atoms with Crippen LogP contribution in [0.1, 0.15) is 0 Å². The van der Waals surface area contributed by atoms with Crippen molar-refractivity contribution in [3.63, 3.8) is 0 Å². The van der Waals surface area contributed by atoms with Gasteiger partial charge in [-0.1, -0.05) is 115 Å². The molecule has 3 heterocycles. The molecule has 0 bridgehead atoms. The van der Waals surface area contributed by atoms with Crippen molar-refractivity contribution in [2.24, 2.45) is 0 Å². The van der Waals surface area contributed by atoms with E-state index in [4.69, 9.17) is 24.4 Å². The Morgan fingerprint density at radius 2 is 1.04 bits per heavy atom. The molecule has 0 atom stereocenters. The van der Waals surface area contributed by atoms with E-state index in [0.29, 0.717) is 29.1 Å². The molecule has 6 nitrogen and oxygen atoms in total. The van der Waals surface area contributed by atoms with Crippen molar-refractivity contribution < 1.29 is 4.42 Å². The summed E-state index contributed by atoms with van der Waals surface area (Å²) in [7, 11) is 0. The maximum atomic E-state index is 6.40. The Kier molecular flexibility index (Phi) is 6.03. The van der Waals surface area contributed by atoms with Gasteiger partial charge >= 0.3 is 0 Å². The van der Waals surface area contributed by atoms with Crippen LogP contribution in [0, 0.1) is 0 Å². The third-order valence-corrected chi connectivity index (χ3v) is 8.31. The zero-order valence-corrected chi connectivity index (χ0v) is 24.6. The molecular weight excluding hydrogens is 566 g/mol. The van der Waals surface area contributed by atoms with Crippen LogP contribution >= 0.6 is 0 Å². The summed E-state index contributed by atoms with van der Waals surface area (Å²) < 4.78 is 8.55. The second kappa shape index (κ2) is 10.6. The summed E-state index contributed by atoms with van der Waals surface area (Å²) >= 11 is 0. The van der Waals surface area contributed by atoms with Crippen molar-refractivity contribution in [1.29, 1.82) is 0 Å². The largest absolute Gasteiger partial charge is 0.435 e. The van der Waals surface area contributed by atoms with E-state index in [1.165, 1.54) is 0 Å². The number of hydrogen-bond acceptors (Lipinski definition) is 5. The highest BCUT2D eigenvalue weighted by atomic mass is 16.3. The van der Waals surface area contributed by atoms with Gasteiger partial charge in [0, 0.05) is 21.9 Å². The number of aromatic nitrogens is 5. The predicted molar refractivity (Wildman–Crippen MR) is 183 cm³/mol. The molecule has 0 N–H and O–H groups in total. The lowest BCUT2D eigenvalue weighted by atomic mass is 9.99. The molecule has 9 rings (SSSR count). The molecule has 0 saturated heterocycles. The van der Waals surface area contributed by atoms with Crippen LogP contribution in [0.2, 0.25) is 0 Å². The third kappa shape index (κ3) is 4.27. The van der Waals surface area contributed by atoms with Crippen LogP contribution in [-0.2, 0) is 0 Å². The third-order valence-electron chi connectivity index (χ3n) is 8.31. The highest BCUT2D eigenvalue weighted by Gasteiger charge is 2.21. The average molecular weight is 592 g/mol. The normalized spacial score (nSPS) is 11.5. The molecule has 3 aromatic heterocycles. The lowest BCUT2D eigenvalue weighted by Gasteiger charge is -2.11. The van der Waals surface area contributed by atoms with Gasteiger partial charge in [0.15, 0.2) is 17.2 Å². The fourth-order valence-electron chi connectivity index (χ4n) is 6.22. The Hall–Kier alpha value is -6.40. The minimum Gasteiger partial charge on any atom is -0.435 e. The zero-order valence-electron chi connectivity index (χ0n) is 24.6. The molecular formula is C40H25N5O. The van der Waals surface area contributed by atoms with E-state index >= 15 is 0 Å². The van der Waals surface area contributed by atoms with Crippen LogP contribution in [0.15, 0.2) is 156 Å². The van der Waals surface area contributed by atoms with Gasteiger partial charge in [-0.05, 0) is 47.5 Å². The minimum atomic E-state index is 0.510. The molecule has 6 heteroatoms.